The number of ether oxygens (including phenoxy) is 1. The van der Waals surface area contributed by atoms with E-state index in [4.69, 9.17) is 22.7 Å². The zero-order chi connectivity index (χ0) is 12.7. The maximum atomic E-state index is 11.6. The predicted molar refractivity (Wildman–Crippen MR) is 70.6 cm³/mol. The van der Waals surface area contributed by atoms with Gasteiger partial charge in [0.05, 0.1) is 6.61 Å². The van der Waals surface area contributed by atoms with Crippen molar-refractivity contribution in [2.75, 3.05) is 13.7 Å². The van der Waals surface area contributed by atoms with Crippen LogP contribution < -0.4 is 11.1 Å². The van der Waals surface area contributed by atoms with E-state index < -0.39 is 6.04 Å². The van der Waals surface area contributed by atoms with E-state index in [1.807, 2.05) is 30.3 Å². The topological polar surface area (TPSA) is 64.3 Å². The molecule has 0 aromatic heterocycles. The molecule has 1 amide bonds. The van der Waals surface area contributed by atoms with Crippen LogP contribution in [0, 0.1) is 0 Å². The molecule has 0 saturated heterocycles. The van der Waals surface area contributed by atoms with E-state index in [0.717, 1.165) is 5.56 Å². The van der Waals surface area contributed by atoms with E-state index in [2.05, 4.69) is 5.32 Å². The molecule has 0 aliphatic rings. The Balaban J connectivity index is 2.68. The number of carbonyl (C=O) groups excluding carboxylic acids is 1. The highest BCUT2D eigenvalue weighted by atomic mass is 32.1. The van der Waals surface area contributed by atoms with Gasteiger partial charge in [-0.25, -0.2) is 0 Å². The molecular weight excluding hydrogens is 236 g/mol. The Hall–Kier alpha value is -1.46. The third-order valence-electron chi connectivity index (χ3n) is 2.26. The number of carbonyl (C=O) groups is 1. The molecule has 4 nitrogen and oxygen atoms in total. The van der Waals surface area contributed by atoms with E-state index in [1.165, 1.54) is 0 Å². The van der Waals surface area contributed by atoms with Crippen molar-refractivity contribution in [1.29, 1.82) is 0 Å². The number of benzene rings is 1. The van der Waals surface area contributed by atoms with E-state index in [9.17, 15) is 4.79 Å². The molecule has 1 unspecified atom stereocenters. The number of rotatable bonds is 6. The van der Waals surface area contributed by atoms with Crippen LogP contribution in [0.2, 0.25) is 0 Å². The van der Waals surface area contributed by atoms with Gasteiger partial charge in [0.25, 0.3) is 0 Å². The lowest BCUT2D eigenvalue weighted by atomic mass is 10.1. The van der Waals surface area contributed by atoms with Gasteiger partial charge in [0.2, 0.25) is 5.91 Å². The summed E-state index contributed by atoms with van der Waals surface area (Å²) in [6, 6.07) is 8.98. The first kappa shape index (κ1) is 13.6. The normalized spacial score (nSPS) is 11.8. The highest BCUT2D eigenvalue weighted by Gasteiger charge is 2.16. The summed E-state index contributed by atoms with van der Waals surface area (Å²) in [6.45, 7) is 0.380. The predicted octanol–water partition coefficient (Wildman–Crippen LogP) is 1.17. The first-order valence-corrected chi connectivity index (χ1v) is 5.68. The fourth-order valence-electron chi connectivity index (χ4n) is 1.39. The van der Waals surface area contributed by atoms with Gasteiger partial charge >= 0.3 is 0 Å². The summed E-state index contributed by atoms with van der Waals surface area (Å²) in [4.78, 5) is 11.8. The van der Waals surface area contributed by atoms with E-state index in [1.54, 1.807) is 7.11 Å². The van der Waals surface area contributed by atoms with Gasteiger partial charge in [-0.05, 0) is 5.56 Å². The highest BCUT2D eigenvalue weighted by molar-refractivity contribution is 7.80. The maximum Gasteiger partial charge on any atom is 0.223 e. The van der Waals surface area contributed by atoms with Crippen LogP contribution in [0.5, 0.6) is 0 Å². The van der Waals surface area contributed by atoms with Crippen molar-refractivity contribution in [3.63, 3.8) is 0 Å². The van der Waals surface area contributed by atoms with Crippen molar-refractivity contribution in [3.05, 3.63) is 35.9 Å². The minimum Gasteiger partial charge on any atom is -0.391 e. The molecule has 1 atom stereocenters. The zero-order valence-electron chi connectivity index (χ0n) is 9.68. The first-order valence-electron chi connectivity index (χ1n) is 5.27. The summed E-state index contributed by atoms with van der Waals surface area (Å²) in [6.07, 6.45) is 0.294. The third kappa shape index (κ3) is 4.50. The number of nitrogens with one attached hydrogen (secondary N) is 1. The number of amides is 1. The molecule has 1 aromatic rings. The Bertz CT molecular complexity index is 381. The monoisotopic (exact) mass is 252 g/mol. The van der Waals surface area contributed by atoms with Gasteiger partial charge < -0.3 is 15.8 Å². The first-order chi connectivity index (χ1) is 8.15. The molecule has 0 aliphatic carbocycles. The molecule has 3 N–H and O–H groups in total. The van der Waals surface area contributed by atoms with E-state index in [-0.39, 0.29) is 10.9 Å². The third-order valence-corrected chi connectivity index (χ3v) is 2.49. The number of thiocarbonyl (C=S) groups is 1. The number of hydrogen-bond donors (Lipinski definition) is 2. The second kappa shape index (κ2) is 6.98. The quantitative estimate of drug-likeness (QED) is 0.746. The van der Waals surface area contributed by atoms with Gasteiger partial charge in [0, 0.05) is 13.5 Å². The number of nitrogens with two attached hydrogens (primary N) is 1. The lowest BCUT2D eigenvalue weighted by Crippen LogP contribution is -2.36. The molecule has 0 spiro atoms. The van der Waals surface area contributed by atoms with Crippen LogP contribution >= 0.6 is 12.2 Å². The van der Waals surface area contributed by atoms with Gasteiger partial charge in [0.1, 0.15) is 11.0 Å². The smallest absolute Gasteiger partial charge is 0.223 e. The highest BCUT2D eigenvalue weighted by Crippen LogP contribution is 2.12. The van der Waals surface area contributed by atoms with Crippen LogP contribution in [0.15, 0.2) is 30.3 Å². The molecule has 5 heteroatoms. The molecule has 92 valence electrons. The standard InChI is InChI=1S/C12H16N2O2S/c1-16-8-7-10(15)14-11(12(13)17)9-5-3-2-4-6-9/h2-6,11H,7-8H2,1H3,(H2,13,17)(H,14,15). The average Bonchev–Trinajstić information content (AvgIpc) is 2.34. The number of hydrogen-bond acceptors (Lipinski definition) is 3. The minimum atomic E-state index is -0.421. The van der Waals surface area contributed by atoms with Crippen molar-refractivity contribution in [1.82, 2.24) is 5.32 Å². The zero-order valence-corrected chi connectivity index (χ0v) is 10.5. The van der Waals surface area contributed by atoms with Crippen molar-refractivity contribution in [2.45, 2.75) is 12.5 Å². The van der Waals surface area contributed by atoms with Crippen LogP contribution in [0.4, 0.5) is 0 Å². The van der Waals surface area contributed by atoms with Gasteiger partial charge in [0.15, 0.2) is 0 Å². The van der Waals surface area contributed by atoms with E-state index >= 15 is 0 Å². The Morgan fingerprint density at radius 1 is 1.47 bits per heavy atom. The summed E-state index contributed by atoms with van der Waals surface area (Å²) in [5.41, 5.74) is 6.51. The summed E-state index contributed by atoms with van der Waals surface area (Å²) < 4.78 is 4.84. The maximum absolute atomic E-state index is 11.6. The second-order valence-electron chi connectivity index (χ2n) is 3.56. The molecule has 0 radical (unpaired) electrons. The van der Waals surface area contributed by atoms with Crippen LogP contribution in [-0.2, 0) is 9.53 Å². The fourth-order valence-corrected chi connectivity index (χ4v) is 1.59. The second-order valence-corrected chi connectivity index (χ2v) is 4.03. The molecule has 0 heterocycles. The van der Waals surface area contributed by atoms with Crippen molar-refractivity contribution in [3.8, 4) is 0 Å². The van der Waals surface area contributed by atoms with Crippen LogP contribution in [0.3, 0.4) is 0 Å². The van der Waals surface area contributed by atoms with Crippen molar-refractivity contribution < 1.29 is 9.53 Å². The molecule has 0 fully saturated rings. The molecule has 1 rings (SSSR count). The van der Waals surface area contributed by atoms with Gasteiger partial charge in [-0.3, -0.25) is 4.79 Å². The lowest BCUT2D eigenvalue weighted by Gasteiger charge is -2.17. The minimum absolute atomic E-state index is 0.131. The Kier molecular flexibility index (Phi) is 5.59. The molecule has 1 aromatic carbocycles. The van der Waals surface area contributed by atoms with Crippen molar-refractivity contribution >= 4 is 23.1 Å². The number of methoxy groups -OCH3 is 1. The largest absolute Gasteiger partial charge is 0.391 e. The van der Waals surface area contributed by atoms with Gasteiger partial charge in [-0.15, -0.1) is 0 Å². The molecule has 0 aliphatic heterocycles. The Morgan fingerprint density at radius 3 is 2.65 bits per heavy atom. The molecule has 0 saturated carbocycles. The van der Waals surface area contributed by atoms with E-state index in [0.29, 0.717) is 13.0 Å². The SMILES string of the molecule is COCCC(=O)NC(C(N)=S)c1ccccc1. The fraction of sp³-hybridized carbons (Fsp3) is 0.333. The van der Waals surface area contributed by atoms with Crippen molar-refractivity contribution in [2.24, 2.45) is 5.73 Å². The summed E-state index contributed by atoms with van der Waals surface area (Å²) in [5, 5.41) is 2.78. The lowest BCUT2D eigenvalue weighted by molar-refractivity contribution is -0.122. The van der Waals surface area contributed by atoms with Gasteiger partial charge in [-0.2, -0.15) is 0 Å². The van der Waals surface area contributed by atoms with Crippen LogP contribution in [0.25, 0.3) is 0 Å². The van der Waals surface area contributed by atoms with Crippen LogP contribution in [-0.4, -0.2) is 24.6 Å². The Labute approximate surface area is 106 Å². The molecular formula is C12H16N2O2S. The summed E-state index contributed by atoms with van der Waals surface area (Å²) in [5.74, 6) is -0.131. The molecule has 17 heavy (non-hydrogen) atoms. The van der Waals surface area contributed by atoms with Crippen LogP contribution in [0.1, 0.15) is 18.0 Å². The van der Waals surface area contributed by atoms with Gasteiger partial charge in [-0.1, -0.05) is 42.5 Å². The summed E-state index contributed by atoms with van der Waals surface area (Å²) in [7, 11) is 1.55. The Morgan fingerprint density at radius 2 is 2.12 bits per heavy atom. The molecule has 0 bridgehead atoms. The average molecular weight is 252 g/mol. The summed E-state index contributed by atoms with van der Waals surface area (Å²) >= 11 is 4.96.